The average Bonchev–Trinajstić information content (AvgIpc) is 3.99. The Morgan fingerprint density at radius 2 is 1.71 bits per heavy atom. The first kappa shape index (κ1) is 36.2. The van der Waals surface area contributed by atoms with Gasteiger partial charge in [-0.3, -0.25) is 29.4 Å². The van der Waals surface area contributed by atoms with Crippen molar-refractivity contribution < 1.29 is 19.1 Å². The lowest BCUT2D eigenvalue weighted by Crippen LogP contribution is -2.44. The molecule has 0 radical (unpaired) electrons. The molecule has 1 atom stereocenters. The predicted molar refractivity (Wildman–Crippen MR) is 204 cm³/mol. The van der Waals surface area contributed by atoms with Crippen molar-refractivity contribution in [2.45, 2.75) is 83.5 Å². The lowest BCUT2D eigenvalue weighted by Gasteiger charge is -2.33. The summed E-state index contributed by atoms with van der Waals surface area (Å²) in [6, 6.07) is 14.2. The van der Waals surface area contributed by atoms with Crippen molar-refractivity contribution in [3.8, 4) is 11.1 Å². The number of nitrogens with one attached hydrogen (secondary N) is 1. The number of carboxylic acid groups (broad SMARTS) is 1. The fourth-order valence-corrected chi connectivity index (χ4v) is 7.90. The maximum Gasteiger partial charge on any atom is 0.320 e. The first-order valence-electron chi connectivity index (χ1n) is 18.0. The Morgan fingerprint density at radius 3 is 2.46 bits per heavy atom. The molecule has 2 aliphatic heterocycles. The van der Waals surface area contributed by atoms with Crippen LogP contribution in [0.4, 0.5) is 10.1 Å². The van der Waals surface area contributed by atoms with E-state index in [1.54, 1.807) is 42.7 Å². The smallest absolute Gasteiger partial charge is 0.320 e. The predicted octanol–water partition coefficient (Wildman–Crippen LogP) is 9.25. The van der Waals surface area contributed by atoms with Crippen LogP contribution in [0.3, 0.4) is 0 Å². The van der Waals surface area contributed by atoms with Gasteiger partial charge < -0.3 is 10.4 Å². The number of aromatic nitrogens is 2. The minimum Gasteiger partial charge on any atom is -0.480 e. The highest BCUT2D eigenvalue weighted by atomic mass is 35.5. The van der Waals surface area contributed by atoms with Gasteiger partial charge in [0.15, 0.2) is 0 Å². The zero-order chi connectivity index (χ0) is 36.5. The van der Waals surface area contributed by atoms with Crippen molar-refractivity contribution in [3.63, 3.8) is 0 Å². The third kappa shape index (κ3) is 7.78. The number of likely N-dealkylation sites (tertiary alicyclic amines) is 1. The SMILES string of the molecule is CC(C)N1CCc2cc(/C(F)=C/c3cccc(-c4cccc(NC(=O)c5cc(C6CC6)c(CN6CCCC[C@H]6C(=O)O)cn5)c4Cl)c3Cl)ncc2C1. The number of carboxylic acids is 1. The molecule has 7 rings (SSSR count). The number of hydrogen-bond acceptors (Lipinski definition) is 6. The van der Waals surface area contributed by atoms with E-state index in [0.717, 1.165) is 74.0 Å². The topological polar surface area (TPSA) is 98.7 Å². The monoisotopic (exact) mass is 741 g/mol. The number of benzene rings is 2. The molecule has 1 amide bonds. The summed E-state index contributed by atoms with van der Waals surface area (Å²) in [6.07, 6.45) is 10.3. The van der Waals surface area contributed by atoms with Crippen molar-refractivity contribution in [2.75, 3.05) is 18.4 Å². The van der Waals surface area contributed by atoms with Gasteiger partial charge in [-0.2, -0.15) is 0 Å². The Labute approximate surface area is 313 Å². The number of hydrogen-bond donors (Lipinski definition) is 2. The van der Waals surface area contributed by atoms with Crippen LogP contribution in [-0.4, -0.2) is 61.9 Å². The van der Waals surface area contributed by atoms with Crippen LogP contribution >= 0.6 is 23.2 Å². The van der Waals surface area contributed by atoms with Crippen LogP contribution in [0.2, 0.25) is 10.0 Å². The maximum absolute atomic E-state index is 15.7. The van der Waals surface area contributed by atoms with Gasteiger partial charge in [-0.15, -0.1) is 0 Å². The maximum atomic E-state index is 15.7. The molecule has 1 saturated carbocycles. The molecule has 1 saturated heterocycles. The summed E-state index contributed by atoms with van der Waals surface area (Å²) < 4.78 is 15.7. The Bertz CT molecular complexity index is 2050. The molecule has 270 valence electrons. The van der Waals surface area contributed by atoms with E-state index in [0.29, 0.717) is 52.3 Å². The minimum atomic E-state index is -0.798. The van der Waals surface area contributed by atoms with Crippen LogP contribution in [0.15, 0.2) is 60.9 Å². The van der Waals surface area contributed by atoms with Gasteiger partial charge in [0, 0.05) is 49.2 Å². The summed E-state index contributed by atoms with van der Waals surface area (Å²) in [5.41, 5.74) is 6.80. The first-order chi connectivity index (χ1) is 25.1. The van der Waals surface area contributed by atoms with Gasteiger partial charge in [0.25, 0.3) is 5.91 Å². The molecule has 0 bridgehead atoms. The third-order valence-electron chi connectivity index (χ3n) is 10.5. The second kappa shape index (κ2) is 15.4. The van der Waals surface area contributed by atoms with Gasteiger partial charge >= 0.3 is 5.97 Å². The van der Waals surface area contributed by atoms with E-state index < -0.39 is 23.7 Å². The first-order valence-corrected chi connectivity index (χ1v) is 18.8. The van der Waals surface area contributed by atoms with Crippen molar-refractivity contribution in [1.82, 2.24) is 19.8 Å². The Kier molecular flexibility index (Phi) is 10.8. The zero-order valence-electron chi connectivity index (χ0n) is 29.3. The summed E-state index contributed by atoms with van der Waals surface area (Å²) in [6.45, 7) is 7.29. The van der Waals surface area contributed by atoms with E-state index in [1.165, 1.54) is 6.08 Å². The number of fused-ring (bicyclic) bond motifs is 1. The Hall–Kier alpha value is -4.15. The fraction of sp³-hybridized carbons (Fsp3) is 0.366. The standard InChI is InChI=1S/C41H42Cl2FN5O3/c1-24(2)48-16-14-26-18-35(45-20-28(26)22-48)33(44)17-27-7-5-8-30(38(27)42)31-9-6-10-34(39(31)43)47-40(50)36-19-32(25-12-13-25)29(21-46-36)23-49-15-4-3-11-37(49)41(51)52/h5-10,17-21,24-25,37H,3-4,11-16,22-23H2,1-2H3,(H,47,50)(H,51,52)/b33-17-/t37-/m0/s1. The highest BCUT2D eigenvalue weighted by molar-refractivity contribution is 6.39. The lowest BCUT2D eigenvalue weighted by molar-refractivity contribution is -0.144. The van der Waals surface area contributed by atoms with E-state index >= 15 is 4.39 Å². The van der Waals surface area contributed by atoms with Crippen molar-refractivity contribution in [1.29, 1.82) is 0 Å². The average molecular weight is 743 g/mol. The largest absolute Gasteiger partial charge is 0.480 e. The van der Waals surface area contributed by atoms with Gasteiger partial charge in [-0.05, 0) is 111 Å². The molecule has 11 heteroatoms. The molecule has 52 heavy (non-hydrogen) atoms. The molecular weight excluding hydrogens is 700 g/mol. The van der Waals surface area contributed by atoms with Crippen LogP contribution in [-0.2, 0) is 24.3 Å². The zero-order valence-corrected chi connectivity index (χ0v) is 30.9. The number of nitrogens with zero attached hydrogens (tertiary/aromatic N) is 4. The van der Waals surface area contributed by atoms with Crippen molar-refractivity contribution >= 4 is 52.7 Å². The molecular formula is C41H42Cl2FN5O3. The molecule has 1 aliphatic carbocycles. The van der Waals surface area contributed by atoms with E-state index in [1.807, 2.05) is 23.1 Å². The van der Waals surface area contributed by atoms with Crippen LogP contribution in [0.1, 0.15) is 95.9 Å². The van der Waals surface area contributed by atoms with E-state index in [-0.39, 0.29) is 16.4 Å². The lowest BCUT2D eigenvalue weighted by atomic mass is 9.98. The third-order valence-corrected chi connectivity index (χ3v) is 11.3. The number of carbonyl (C=O) groups is 2. The molecule has 4 heterocycles. The summed E-state index contributed by atoms with van der Waals surface area (Å²) in [5.74, 6) is -1.36. The fourth-order valence-electron chi connectivity index (χ4n) is 7.35. The van der Waals surface area contributed by atoms with E-state index in [2.05, 4.69) is 34.0 Å². The van der Waals surface area contributed by atoms with Crippen LogP contribution in [0.25, 0.3) is 23.0 Å². The molecule has 8 nitrogen and oxygen atoms in total. The van der Waals surface area contributed by atoms with Gasteiger partial charge in [-0.1, -0.05) is 60.0 Å². The second-order valence-electron chi connectivity index (χ2n) is 14.3. The molecule has 0 spiro atoms. The Balaban J connectivity index is 1.10. The van der Waals surface area contributed by atoms with Crippen molar-refractivity contribution in [2.24, 2.45) is 0 Å². The summed E-state index contributed by atoms with van der Waals surface area (Å²) >= 11 is 13.8. The summed E-state index contributed by atoms with van der Waals surface area (Å²) in [4.78, 5) is 38.8. The van der Waals surface area contributed by atoms with Crippen molar-refractivity contribution in [3.05, 3.63) is 110 Å². The van der Waals surface area contributed by atoms with E-state index in [9.17, 15) is 14.7 Å². The molecule has 2 aromatic heterocycles. The van der Waals surface area contributed by atoms with Gasteiger partial charge in [-0.25, -0.2) is 4.39 Å². The molecule has 2 aromatic carbocycles. The quantitative estimate of drug-likeness (QED) is 0.167. The highest BCUT2D eigenvalue weighted by Crippen LogP contribution is 2.43. The number of aliphatic carboxylic acids is 1. The van der Waals surface area contributed by atoms with E-state index in [4.69, 9.17) is 23.2 Å². The van der Waals surface area contributed by atoms with Gasteiger partial charge in [0.1, 0.15) is 17.6 Å². The Morgan fingerprint density at radius 1 is 0.962 bits per heavy atom. The van der Waals surface area contributed by atoms with Crippen LogP contribution < -0.4 is 5.32 Å². The number of amides is 1. The minimum absolute atomic E-state index is 0.259. The number of anilines is 1. The van der Waals surface area contributed by atoms with Crippen LogP contribution in [0.5, 0.6) is 0 Å². The molecule has 3 aliphatic rings. The molecule has 2 N–H and O–H groups in total. The normalized spacial score (nSPS) is 18.3. The number of rotatable bonds is 10. The second-order valence-corrected chi connectivity index (χ2v) is 15.1. The van der Waals surface area contributed by atoms with Crippen LogP contribution in [0, 0.1) is 0 Å². The highest BCUT2D eigenvalue weighted by Gasteiger charge is 2.32. The number of piperidine rings is 1. The summed E-state index contributed by atoms with van der Waals surface area (Å²) in [7, 11) is 0. The molecule has 4 aromatic rings. The number of pyridine rings is 2. The molecule has 0 unspecified atom stereocenters. The number of halogens is 3. The summed E-state index contributed by atoms with van der Waals surface area (Å²) in [5, 5.41) is 13.3. The van der Waals surface area contributed by atoms with Gasteiger partial charge in [0.2, 0.25) is 0 Å². The molecule has 2 fully saturated rings. The van der Waals surface area contributed by atoms with Gasteiger partial charge in [0.05, 0.1) is 21.4 Å². The number of carbonyl (C=O) groups excluding carboxylic acids is 1.